The van der Waals surface area contributed by atoms with Crippen LogP contribution in [0.5, 0.6) is 0 Å². The van der Waals surface area contributed by atoms with Gasteiger partial charge in [-0.15, -0.1) is 0 Å². The van der Waals surface area contributed by atoms with E-state index in [-0.39, 0.29) is 0 Å². The van der Waals surface area contributed by atoms with Crippen molar-refractivity contribution in [2.75, 3.05) is 13.6 Å². The van der Waals surface area contributed by atoms with Crippen LogP contribution in [0.4, 0.5) is 0 Å². The summed E-state index contributed by atoms with van der Waals surface area (Å²) in [5.41, 5.74) is 3.54. The zero-order valence-corrected chi connectivity index (χ0v) is 13.9. The maximum atomic E-state index is 6.02. The third-order valence-corrected chi connectivity index (χ3v) is 5.19. The first-order valence-corrected chi connectivity index (χ1v) is 8.49. The number of nitrogens with one attached hydrogen (secondary N) is 1. The van der Waals surface area contributed by atoms with Gasteiger partial charge >= 0.3 is 0 Å². The predicted octanol–water partition coefficient (Wildman–Crippen LogP) is 4.77. The van der Waals surface area contributed by atoms with Gasteiger partial charge in [0.2, 0.25) is 0 Å². The maximum Gasteiger partial charge on any atom is 0.124 e. The van der Waals surface area contributed by atoms with Crippen LogP contribution in [-0.2, 0) is 0 Å². The summed E-state index contributed by atoms with van der Waals surface area (Å²) in [6.07, 6.45) is 2.26. The molecule has 3 aromatic rings. The smallest absolute Gasteiger partial charge is 0.124 e. The standard InChI is InChI=1S/C19H20ClN3/c1-23-11-10-14(13-6-8-15(20)9-7-13)12-18(23)19-21-16-4-2-3-5-17(16)22-19/h2-9,14,18H,10-12H2,1H3,(H,21,22)/t14-,18-/m1/s1. The molecule has 0 radical (unpaired) electrons. The van der Waals surface area contributed by atoms with Crippen molar-refractivity contribution in [3.63, 3.8) is 0 Å². The van der Waals surface area contributed by atoms with Gasteiger partial charge in [-0.2, -0.15) is 0 Å². The summed E-state index contributed by atoms with van der Waals surface area (Å²) < 4.78 is 0. The summed E-state index contributed by atoms with van der Waals surface area (Å²) >= 11 is 6.02. The van der Waals surface area contributed by atoms with Crippen molar-refractivity contribution in [1.29, 1.82) is 0 Å². The molecule has 1 aliphatic rings. The van der Waals surface area contributed by atoms with Gasteiger partial charge in [0.15, 0.2) is 0 Å². The maximum absolute atomic E-state index is 6.02. The normalized spacial score (nSPS) is 22.5. The number of hydrogen-bond acceptors (Lipinski definition) is 2. The number of hydrogen-bond donors (Lipinski definition) is 1. The molecule has 4 heteroatoms. The number of nitrogens with zero attached hydrogens (tertiary/aromatic N) is 2. The number of aromatic nitrogens is 2. The van der Waals surface area contributed by atoms with Crippen molar-refractivity contribution >= 4 is 22.6 Å². The van der Waals surface area contributed by atoms with Crippen molar-refractivity contribution in [2.45, 2.75) is 24.8 Å². The Balaban J connectivity index is 1.62. The van der Waals surface area contributed by atoms with E-state index < -0.39 is 0 Å². The van der Waals surface area contributed by atoms with Crippen LogP contribution < -0.4 is 0 Å². The minimum absolute atomic E-state index is 0.330. The van der Waals surface area contributed by atoms with Crippen LogP contribution in [0.15, 0.2) is 48.5 Å². The number of likely N-dealkylation sites (tertiary alicyclic amines) is 1. The van der Waals surface area contributed by atoms with Crippen molar-refractivity contribution < 1.29 is 0 Å². The topological polar surface area (TPSA) is 31.9 Å². The molecule has 2 aromatic carbocycles. The van der Waals surface area contributed by atoms with E-state index in [0.29, 0.717) is 12.0 Å². The van der Waals surface area contributed by atoms with Crippen LogP contribution in [0.1, 0.15) is 36.2 Å². The molecular formula is C19H20ClN3. The van der Waals surface area contributed by atoms with E-state index in [2.05, 4.69) is 41.2 Å². The summed E-state index contributed by atoms with van der Waals surface area (Å²) in [5.74, 6) is 1.63. The molecule has 1 aliphatic heterocycles. The molecule has 1 saturated heterocycles. The predicted molar refractivity (Wildman–Crippen MR) is 94.9 cm³/mol. The summed E-state index contributed by atoms with van der Waals surface area (Å²) in [6, 6.07) is 16.9. The van der Waals surface area contributed by atoms with Gasteiger partial charge in [-0.3, -0.25) is 4.90 Å². The van der Waals surface area contributed by atoms with Crippen LogP contribution in [0, 0.1) is 0 Å². The second kappa shape index (κ2) is 5.99. The highest BCUT2D eigenvalue weighted by Crippen LogP contribution is 2.38. The van der Waals surface area contributed by atoms with Crippen molar-refractivity contribution in [2.24, 2.45) is 0 Å². The summed E-state index contributed by atoms with van der Waals surface area (Å²) in [4.78, 5) is 10.7. The highest BCUT2D eigenvalue weighted by molar-refractivity contribution is 6.30. The second-order valence-electron chi connectivity index (χ2n) is 6.41. The molecule has 2 atom stereocenters. The number of aromatic amines is 1. The van der Waals surface area contributed by atoms with Crippen LogP contribution >= 0.6 is 11.6 Å². The lowest BCUT2D eigenvalue weighted by atomic mass is 9.85. The second-order valence-corrected chi connectivity index (χ2v) is 6.84. The highest BCUT2D eigenvalue weighted by atomic mass is 35.5. The lowest BCUT2D eigenvalue weighted by Gasteiger charge is -2.36. The molecule has 0 spiro atoms. The van der Waals surface area contributed by atoms with E-state index in [0.717, 1.165) is 34.8 Å². The molecule has 0 saturated carbocycles. The highest BCUT2D eigenvalue weighted by Gasteiger charge is 2.30. The lowest BCUT2D eigenvalue weighted by Crippen LogP contribution is -2.33. The molecule has 118 valence electrons. The Morgan fingerprint density at radius 2 is 1.91 bits per heavy atom. The lowest BCUT2D eigenvalue weighted by molar-refractivity contribution is 0.164. The monoisotopic (exact) mass is 325 g/mol. The Hall–Kier alpha value is -1.84. The number of imidazole rings is 1. The molecule has 0 unspecified atom stereocenters. The molecule has 1 fully saturated rings. The Bertz CT molecular complexity index is 776. The average molecular weight is 326 g/mol. The van der Waals surface area contributed by atoms with Crippen LogP contribution in [0.3, 0.4) is 0 Å². The molecule has 3 nitrogen and oxygen atoms in total. The van der Waals surface area contributed by atoms with E-state index in [1.165, 1.54) is 12.0 Å². The van der Waals surface area contributed by atoms with Gasteiger partial charge in [-0.25, -0.2) is 4.98 Å². The molecule has 2 heterocycles. The van der Waals surface area contributed by atoms with Gasteiger partial charge < -0.3 is 4.98 Å². The Labute approximate surface area is 141 Å². The molecule has 1 aromatic heterocycles. The first-order valence-electron chi connectivity index (χ1n) is 8.11. The van der Waals surface area contributed by atoms with Gasteiger partial charge in [-0.1, -0.05) is 35.9 Å². The van der Waals surface area contributed by atoms with Crippen molar-refractivity contribution in [3.05, 3.63) is 64.9 Å². The fraction of sp³-hybridized carbons (Fsp3) is 0.316. The largest absolute Gasteiger partial charge is 0.341 e. The number of fused-ring (bicyclic) bond motifs is 1. The van der Waals surface area contributed by atoms with Crippen molar-refractivity contribution in [3.8, 4) is 0 Å². The van der Waals surface area contributed by atoms with E-state index in [9.17, 15) is 0 Å². The SMILES string of the molecule is CN1CC[C@@H](c2ccc(Cl)cc2)C[C@@H]1c1nc2ccccc2[nH]1. The number of rotatable bonds is 2. The molecule has 23 heavy (non-hydrogen) atoms. The van der Waals surface area contributed by atoms with Crippen LogP contribution in [0.2, 0.25) is 5.02 Å². The molecule has 4 rings (SSSR count). The third-order valence-electron chi connectivity index (χ3n) is 4.93. The fourth-order valence-corrected chi connectivity index (χ4v) is 3.70. The molecule has 1 N–H and O–H groups in total. The molecule has 0 aliphatic carbocycles. The zero-order chi connectivity index (χ0) is 15.8. The average Bonchev–Trinajstić information content (AvgIpc) is 3.00. The van der Waals surface area contributed by atoms with Crippen LogP contribution in [-0.4, -0.2) is 28.5 Å². The van der Waals surface area contributed by atoms with Crippen molar-refractivity contribution in [1.82, 2.24) is 14.9 Å². The molecular weight excluding hydrogens is 306 g/mol. The minimum atomic E-state index is 0.330. The Kier molecular flexibility index (Phi) is 3.83. The molecule has 0 amide bonds. The van der Waals surface area contributed by atoms with E-state index >= 15 is 0 Å². The molecule has 0 bridgehead atoms. The summed E-state index contributed by atoms with van der Waals surface area (Å²) in [7, 11) is 2.19. The summed E-state index contributed by atoms with van der Waals surface area (Å²) in [6.45, 7) is 1.08. The quantitative estimate of drug-likeness (QED) is 0.736. The number of para-hydroxylation sites is 2. The van der Waals surface area contributed by atoms with Gasteiger partial charge in [0, 0.05) is 5.02 Å². The Morgan fingerprint density at radius 3 is 2.70 bits per heavy atom. The number of halogens is 1. The van der Waals surface area contributed by atoms with Gasteiger partial charge in [0.1, 0.15) is 5.82 Å². The Morgan fingerprint density at radius 1 is 1.13 bits per heavy atom. The first-order chi connectivity index (χ1) is 11.2. The minimum Gasteiger partial charge on any atom is -0.341 e. The van der Waals surface area contributed by atoms with Gasteiger partial charge in [-0.05, 0) is 62.2 Å². The first kappa shape index (κ1) is 14.7. The third kappa shape index (κ3) is 2.87. The zero-order valence-electron chi connectivity index (χ0n) is 13.2. The van der Waals surface area contributed by atoms with Gasteiger partial charge in [0.05, 0.1) is 17.1 Å². The number of benzene rings is 2. The number of piperidine rings is 1. The van der Waals surface area contributed by atoms with Gasteiger partial charge in [0.25, 0.3) is 0 Å². The fourth-order valence-electron chi connectivity index (χ4n) is 3.57. The van der Waals surface area contributed by atoms with E-state index in [1.54, 1.807) is 0 Å². The van der Waals surface area contributed by atoms with Crippen LogP contribution in [0.25, 0.3) is 11.0 Å². The van der Waals surface area contributed by atoms with E-state index in [4.69, 9.17) is 16.6 Å². The summed E-state index contributed by atoms with van der Waals surface area (Å²) in [5, 5.41) is 0.801. The van der Waals surface area contributed by atoms with E-state index in [1.807, 2.05) is 24.3 Å². The number of H-pyrrole nitrogens is 1.